The van der Waals surface area contributed by atoms with Crippen LogP contribution in [0, 0.1) is 0 Å². The van der Waals surface area contributed by atoms with Crippen LogP contribution < -0.4 is 10.2 Å². The summed E-state index contributed by atoms with van der Waals surface area (Å²) < 4.78 is 0. The molecule has 23 heavy (non-hydrogen) atoms. The van der Waals surface area contributed by atoms with Crippen LogP contribution in [0.3, 0.4) is 0 Å². The van der Waals surface area contributed by atoms with Crippen LogP contribution in [-0.4, -0.2) is 24.4 Å². The molecule has 118 valence electrons. The van der Waals surface area contributed by atoms with Gasteiger partial charge in [-0.2, -0.15) is 0 Å². The van der Waals surface area contributed by atoms with Crippen molar-refractivity contribution in [2.75, 3.05) is 11.4 Å². The van der Waals surface area contributed by atoms with Gasteiger partial charge in [-0.3, -0.25) is 14.5 Å². The van der Waals surface area contributed by atoms with Crippen LogP contribution in [0.5, 0.6) is 0 Å². The predicted molar refractivity (Wildman–Crippen MR) is 90.9 cm³/mol. The number of halogens is 1. The van der Waals surface area contributed by atoms with Gasteiger partial charge >= 0.3 is 0 Å². The first kappa shape index (κ1) is 15.6. The molecule has 0 fully saturated rings. The van der Waals surface area contributed by atoms with E-state index in [9.17, 15) is 9.59 Å². The second-order valence-electron chi connectivity index (χ2n) is 5.43. The summed E-state index contributed by atoms with van der Waals surface area (Å²) in [6, 6.07) is 13.8. The van der Waals surface area contributed by atoms with Crippen molar-refractivity contribution in [2.24, 2.45) is 0 Å². The zero-order valence-electron chi connectivity index (χ0n) is 12.8. The number of carbonyl (C=O) groups is 2. The fourth-order valence-corrected chi connectivity index (χ4v) is 3.00. The molecule has 0 spiro atoms. The summed E-state index contributed by atoms with van der Waals surface area (Å²) in [6.07, 6.45) is 0.529. The third-order valence-electron chi connectivity index (χ3n) is 3.94. The average Bonchev–Trinajstić information content (AvgIpc) is 2.94. The van der Waals surface area contributed by atoms with Crippen molar-refractivity contribution >= 4 is 29.1 Å². The second kappa shape index (κ2) is 6.42. The van der Waals surface area contributed by atoms with E-state index in [1.165, 1.54) is 0 Å². The monoisotopic (exact) mass is 328 g/mol. The van der Waals surface area contributed by atoms with Gasteiger partial charge in [-0.15, -0.1) is 0 Å². The molecular weight excluding hydrogens is 312 g/mol. The van der Waals surface area contributed by atoms with Gasteiger partial charge in [-0.05, 0) is 42.8 Å². The molecule has 1 heterocycles. The van der Waals surface area contributed by atoms with E-state index in [0.717, 1.165) is 11.3 Å². The Bertz CT molecular complexity index is 743. The maximum absolute atomic E-state index is 12.9. The van der Waals surface area contributed by atoms with Crippen molar-refractivity contribution in [1.29, 1.82) is 0 Å². The number of para-hydroxylation sites is 1. The number of hydrogen-bond acceptors (Lipinski definition) is 2. The molecule has 0 aliphatic carbocycles. The normalized spacial score (nSPS) is 16.1. The largest absolute Gasteiger partial charge is 0.355 e. The van der Waals surface area contributed by atoms with E-state index in [-0.39, 0.29) is 11.8 Å². The summed E-state index contributed by atoms with van der Waals surface area (Å²) in [6.45, 7) is 2.40. The number of likely N-dealkylation sites (N-methyl/N-ethyl adjacent to an activating group) is 1. The first-order valence-electron chi connectivity index (χ1n) is 7.56. The standard InChI is InChI=1S/C18H17ClN2O2/c1-2-20-17(22)16-11-13-5-3-4-6-15(13)21(16)18(23)12-7-9-14(19)10-8-12/h3-10,16H,2,11H2,1H3,(H,20,22). The van der Waals surface area contributed by atoms with Gasteiger partial charge in [0.05, 0.1) is 0 Å². The quantitative estimate of drug-likeness (QED) is 0.941. The minimum atomic E-state index is -0.518. The Morgan fingerprint density at radius 1 is 1.17 bits per heavy atom. The van der Waals surface area contributed by atoms with Crippen LogP contribution in [0.4, 0.5) is 5.69 Å². The molecule has 1 aliphatic rings. The second-order valence-corrected chi connectivity index (χ2v) is 5.86. The lowest BCUT2D eigenvalue weighted by molar-refractivity contribution is -0.122. The van der Waals surface area contributed by atoms with E-state index < -0.39 is 6.04 Å². The summed E-state index contributed by atoms with van der Waals surface area (Å²) in [7, 11) is 0. The van der Waals surface area contributed by atoms with Crippen molar-refractivity contribution in [1.82, 2.24) is 5.32 Å². The minimum absolute atomic E-state index is 0.133. The number of amides is 2. The molecular formula is C18H17ClN2O2. The maximum atomic E-state index is 12.9. The number of nitrogens with one attached hydrogen (secondary N) is 1. The Balaban J connectivity index is 1.99. The molecule has 1 unspecified atom stereocenters. The fraction of sp³-hybridized carbons (Fsp3) is 0.222. The molecule has 2 aromatic rings. The van der Waals surface area contributed by atoms with Gasteiger partial charge in [-0.25, -0.2) is 0 Å². The van der Waals surface area contributed by atoms with Crippen LogP contribution >= 0.6 is 11.6 Å². The maximum Gasteiger partial charge on any atom is 0.259 e. The molecule has 0 bridgehead atoms. The molecule has 5 heteroatoms. The summed E-state index contributed by atoms with van der Waals surface area (Å²) in [5, 5.41) is 3.39. The van der Waals surface area contributed by atoms with Crippen LogP contribution in [0.2, 0.25) is 5.02 Å². The molecule has 0 radical (unpaired) electrons. The zero-order chi connectivity index (χ0) is 16.4. The lowest BCUT2D eigenvalue weighted by Gasteiger charge is -2.25. The SMILES string of the molecule is CCNC(=O)C1Cc2ccccc2N1C(=O)c1ccc(Cl)cc1. The van der Waals surface area contributed by atoms with E-state index in [1.54, 1.807) is 29.2 Å². The van der Waals surface area contributed by atoms with Crippen molar-refractivity contribution in [3.8, 4) is 0 Å². The van der Waals surface area contributed by atoms with E-state index in [4.69, 9.17) is 11.6 Å². The summed E-state index contributed by atoms with van der Waals surface area (Å²) in [4.78, 5) is 26.9. The summed E-state index contributed by atoms with van der Waals surface area (Å²) >= 11 is 5.89. The summed E-state index contributed by atoms with van der Waals surface area (Å²) in [5.74, 6) is -0.325. The minimum Gasteiger partial charge on any atom is -0.355 e. The molecule has 3 rings (SSSR count). The Hall–Kier alpha value is -2.33. The third kappa shape index (κ3) is 2.94. The first-order valence-corrected chi connectivity index (χ1v) is 7.94. The Morgan fingerprint density at radius 2 is 1.87 bits per heavy atom. The van der Waals surface area contributed by atoms with Crippen molar-refractivity contribution < 1.29 is 9.59 Å². The van der Waals surface area contributed by atoms with E-state index in [0.29, 0.717) is 23.6 Å². The smallest absolute Gasteiger partial charge is 0.259 e. The summed E-state index contributed by atoms with van der Waals surface area (Å²) in [5.41, 5.74) is 2.31. The molecule has 1 aliphatic heterocycles. The van der Waals surface area contributed by atoms with Crippen LogP contribution in [-0.2, 0) is 11.2 Å². The van der Waals surface area contributed by atoms with Gasteiger partial charge in [0, 0.05) is 29.2 Å². The topological polar surface area (TPSA) is 49.4 Å². The van der Waals surface area contributed by atoms with Crippen molar-refractivity contribution in [3.05, 3.63) is 64.7 Å². The molecule has 4 nitrogen and oxygen atoms in total. The highest BCUT2D eigenvalue weighted by molar-refractivity contribution is 6.30. The predicted octanol–water partition coefficient (Wildman–Crippen LogP) is 3.05. The van der Waals surface area contributed by atoms with E-state index in [2.05, 4.69) is 5.32 Å². The molecule has 2 amide bonds. The van der Waals surface area contributed by atoms with Crippen LogP contribution in [0.25, 0.3) is 0 Å². The number of anilines is 1. The lowest BCUT2D eigenvalue weighted by atomic mass is 10.1. The number of rotatable bonds is 3. The Morgan fingerprint density at radius 3 is 2.57 bits per heavy atom. The van der Waals surface area contributed by atoms with Gasteiger partial charge < -0.3 is 5.32 Å². The van der Waals surface area contributed by atoms with Crippen LogP contribution in [0.1, 0.15) is 22.8 Å². The lowest BCUT2D eigenvalue weighted by Crippen LogP contribution is -2.48. The van der Waals surface area contributed by atoms with Crippen LogP contribution in [0.15, 0.2) is 48.5 Å². The van der Waals surface area contributed by atoms with Gasteiger partial charge in [0.2, 0.25) is 5.91 Å². The number of fused-ring (bicyclic) bond motifs is 1. The Kier molecular flexibility index (Phi) is 4.35. The van der Waals surface area contributed by atoms with E-state index in [1.807, 2.05) is 31.2 Å². The highest BCUT2D eigenvalue weighted by Gasteiger charge is 2.38. The highest BCUT2D eigenvalue weighted by atomic mass is 35.5. The van der Waals surface area contributed by atoms with Gasteiger partial charge in [0.15, 0.2) is 0 Å². The van der Waals surface area contributed by atoms with Crippen molar-refractivity contribution in [3.63, 3.8) is 0 Å². The number of nitrogens with zero attached hydrogens (tertiary/aromatic N) is 1. The number of benzene rings is 2. The fourth-order valence-electron chi connectivity index (χ4n) is 2.87. The average molecular weight is 329 g/mol. The number of carbonyl (C=O) groups excluding carboxylic acids is 2. The molecule has 0 saturated carbocycles. The number of hydrogen-bond donors (Lipinski definition) is 1. The molecule has 0 aromatic heterocycles. The molecule has 1 N–H and O–H groups in total. The van der Waals surface area contributed by atoms with Crippen molar-refractivity contribution in [2.45, 2.75) is 19.4 Å². The van der Waals surface area contributed by atoms with Gasteiger partial charge in [-0.1, -0.05) is 29.8 Å². The molecule has 1 atom stereocenters. The zero-order valence-corrected chi connectivity index (χ0v) is 13.5. The van der Waals surface area contributed by atoms with E-state index >= 15 is 0 Å². The van der Waals surface area contributed by atoms with Gasteiger partial charge in [0.1, 0.15) is 6.04 Å². The Labute approximate surface area is 140 Å². The molecule has 0 saturated heterocycles. The third-order valence-corrected chi connectivity index (χ3v) is 4.19. The highest BCUT2D eigenvalue weighted by Crippen LogP contribution is 2.33. The first-order chi connectivity index (χ1) is 11.1. The molecule has 2 aromatic carbocycles. The van der Waals surface area contributed by atoms with Gasteiger partial charge in [0.25, 0.3) is 5.91 Å².